The van der Waals surface area contributed by atoms with E-state index in [9.17, 15) is 9.59 Å². The van der Waals surface area contributed by atoms with Crippen molar-refractivity contribution < 1.29 is 9.53 Å². The molecule has 0 fully saturated rings. The number of ether oxygens (including phenoxy) is 1. The molecule has 0 bridgehead atoms. The third kappa shape index (κ3) is 4.34. The third-order valence-corrected chi connectivity index (χ3v) is 4.40. The SMILES string of the molecule is CCOc1ccc(-c2cc(=O)n(CC(=O)Nc3nc(C)cs3)cn2)cc1. The van der Waals surface area contributed by atoms with Gasteiger partial charge in [0.05, 0.1) is 24.3 Å². The van der Waals surface area contributed by atoms with Crippen molar-refractivity contribution in [1.82, 2.24) is 14.5 Å². The van der Waals surface area contributed by atoms with E-state index in [1.807, 2.05) is 43.5 Å². The van der Waals surface area contributed by atoms with Gasteiger partial charge in [-0.1, -0.05) is 0 Å². The maximum absolute atomic E-state index is 12.3. The molecular weight excluding hydrogens is 352 g/mol. The van der Waals surface area contributed by atoms with Gasteiger partial charge in [-0.25, -0.2) is 9.97 Å². The Hall–Kier alpha value is -3.00. The molecule has 0 spiro atoms. The molecule has 134 valence electrons. The number of thiazole rings is 1. The van der Waals surface area contributed by atoms with Crippen molar-refractivity contribution in [3.63, 3.8) is 0 Å². The Labute approximate surface area is 154 Å². The molecule has 0 aliphatic rings. The van der Waals surface area contributed by atoms with Crippen molar-refractivity contribution in [2.45, 2.75) is 20.4 Å². The van der Waals surface area contributed by atoms with E-state index in [0.717, 1.165) is 17.0 Å². The summed E-state index contributed by atoms with van der Waals surface area (Å²) in [5.74, 6) is 0.441. The molecule has 8 heteroatoms. The average Bonchev–Trinajstić information content (AvgIpc) is 3.02. The molecule has 1 amide bonds. The van der Waals surface area contributed by atoms with Crippen LogP contribution in [0.2, 0.25) is 0 Å². The zero-order valence-electron chi connectivity index (χ0n) is 14.4. The molecule has 1 aromatic carbocycles. The fourth-order valence-electron chi connectivity index (χ4n) is 2.32. The van der Waals surface area contributed by atoms with Crippen molar-refractivity contribution in [3.05, 3.63) is 58.1 Å². The first kappa shape index (κ1) is 17.8. The predicted molar refractivity (Wildman–Crippen MR) is 101 cm³/mol. The average molecular weight is 370 g/mol. The first-order chi connectivity index (χ1) is 12.5. The monoisotopic (exact) mass is 370 g/mol. The zero-order chi connectivity index (χ0) is 18.5. The van der Waals surface area contributed by atoms with Crippen molar-refractivity contribution in [1.29, 1.82) is 0 Å². The minimum absolute atomic E-state index is 0.117. The molecule has 0 saturated heterocycles. The fraction of sp³-hybridized carbons (Fsp3) is 0.222. The van der Waals surface area contributed by atoms with Crippen molar-refractivity contribution >= 4 is 22.4 Å². The fourth-order valence-corrected chi connectivity index (χ4v) is 3.02. The lowest BCUT2D eigenvalue weighted by atomic mass is 10.1. The molecule has 0 atom stereocenters. The highest BCUT2D eigenvalue weighted by Crippen LogP contribution is 2.19. The molecule has 7 nitrogen and oxygen atoms in total. The van der Waals surface area contributed by atoms with Crippen LogP contribution in [0, 0.1) is 6.92 Å². The number of nitrogens with zero attached hydrogens (tertiary/aromatic N) is 3. The van der Waals surface area contributed by atoms with Gasteiger partial charge in [-0.05, 0) is 38.1 Å². The summed E-state index contributed by atoms with van der Waals surface area (Å²) in [5.41, 5.74) is 1.89. The van der Waals surface area contributed by atoms with Crippen LogP contribution in [0.1, 0.15) is 12.6 Å². The Balaban J connectivity index is 1.70. The maximum atomic E-state index is 12.3. The molecule has 2 heterocycles. The molecule has 2 aromatic heterocycles. The van der Waals surface area contributed by atoms with Gasteiger partial charge in [-0.2, -0.15) is 0 Å². The molecule has 0 saturated carbocycles. The second-order valence-electron chi connectivity index (χ2n) is 5.54. The predicted octanol–water partition coefficient (Wildman–Crippen LogP) is 2.71. The van der Waals surface area contributed by atoms with Crippen LogP contribution in [0.25, 0.3) is 11.3 Å². The van der Waals surface area contributed by atoms with Crippen LogP contribution in [-0.4, -0.2) is 27.0 Å². The first-order valence-corrected chi connectivity index (χ1v) is 8.95. The number of aryl methyl sites for hydroxylation is 1. The van der Waals surface area contributed by atoms with Crippen molar-refractivity contribution in [2.75, 3.05) is 11.9 Å². The van der Waals surface area contributed by atoms with E-state index in [4.69, 9.17) is 4.74 Å². The molecule has 0 aliphatic heterocycles. The summed E-state index contributed by atoms with van der Waals surface area (Å²) in [6, 6.07) is 8.75. The second kappa shape index (κ2) is 7.92. The number of aromatic nitrogens is 3. The van der Waals surface area contributed by atoms with Crippen LogP contribution < -0.4 is 15.6 Å². The number of rotatable bonds is 6. The van der Waals surface area contributed by atoms with Gasteiger partial charge in [0.15, 0.2) is 5.13 Å². The lowest BCUT2D eigenvalue weighted by Crippen LogP contribution is -2.27. The Morgan fingerprint density at radius 3 is 2.69 bits per heavy atom. The number of hydrogen-bond donors (Lipinski definition) is 1. The van der Waals surface area contributed by atoms with Gasteiger partial charge in [-0.15, -0.1) is 11.3 Å². The normalized spacial score (nSPS) is 10.5. The molecule has 0 aliphatic carbocycles. The van der Waals surface area contributed by atoms with Gasteiger partial charge in [0, 0.05) is 17.0 Å². The van der Waals surface area contributed by atoms with Crippen LogP contribution >= 0.6 is 11.3 Å². The highest BCUT2D eigenvalue weighted by atomic mass is 32.1. The largest absolute Gasteiger partial charge is 0.494 e. The number of nitrogens with one attached hydrogen (secondary N) is 1. The summed E-state index contributed by atoms with van der Waals surface area (Å²) < 4.78 is 6.66. The summed E-state index contributed by atoms with van der Waals surface area (Å²) in [6.07, 6.45) is 1.38. The van der Waals surface area contributed by atoms with Gasteiger partial charge < -0.3 is 10.1 Å². The quantitative estimate of drug-likeness (QED) is 0.721. The van der Waals surface area contributed by atoms with Gasteiger partial charge in [0.1, 0.15) is 12.3 Å². The number of carbonyl (C=O) groups is 1. The van der Waals surface area contributed by atoms with Gasteiger partial charge in [-0.3, -0.25) is 14.2 Å². The molecule has 1 N–H and O–H groups in total. The van der Waals surface area contributed by atoms with E-state index >= 15 is 0 Å². The summed E-state index contributed by atoms with van der Waals surface area (Å²) in [7, 11) is 0. The van der Waals surface area contributed by atoms with Crippen molar-refractivity contribution in [2.24, 2.45) is 0 Å². The van der Waals surface area contributed by atoms with E-state index in [1.54, 1.807) is 0 Å². The molecule has 0 radical (unpaired) electrons. The Morgan fingerprint density at radius 2 is 2.08 bits per heavy atom. The Morgan fingerprint density at radius 1 is 1.31 bits per heavy atom. The van der Waals surface area contributed by atoms with E-state index in [-0.39, 0.29) is 18.0 Å². The van der Waals surface area contributed by atoms with Gasteiger partial charge in [0.25, 0.3) is 5.56 Å². The number of anilines is 1. The van der Waals surface area contributed by atoms with Crippen LogP contribution in [0.15, 0.2) is 46.8 Å². The Bertz CT molecular complexity index is 963. The number of benzene rings is 1. The smallest absolute Gasteiger partial charge is 0.254 e. The number of hydrogen-bond acceptors (Lipinski definition) is 6. The van der Waals surface area contributed by atoms with Gasteiger partial charge >= 0.3 is 0 Å². The van der Waals surface area contributed by atoms with E-state index in [2.05, 4.69) is 15.3 Å². The Kier molecular flexibility index (Phi) is 5.43. The third-order valence-electron chi connectivity index (χ3n) is 3.52. The molecular formula is C18H18N4O3S. The first-order valence-electron chi connectivity index (χ1n) is 8.07. The highest BCUT2D eigenvalue weighted by molar-refractivity contribution is 7.13. The van der Waals surface area contributed by atoms with Gasteiger partial charge in [0.2, 0.25) is 5.91 Å². The van der Waals surface area contributed by atoms with Crippen molar-refractivity contribution in [3.8, 4) is 17.0 Å². The summed E-state index contributed by atoms with van der Waals surface area (Å²) in [4.78, 5) is 32.8. The number of carbonyl (C=O) groups excluding carboxylic acids is 1. The summed E-state index contributed by atoms with van der Waals surface area (Å²) in [6.45, 7) is 4.24. The summed E-state index contributed by atoms with van der Waals surface area (Å²) >= 11 is 1.34. The molecule has 3 rings (SSSR count). The van der Waals surface area contributed by atoms with E-state index in [0.29, 0.717) is 17.4 Å². The number of amides is 1. The lowest BCUT2D eigenvalue weighted by Gasteiger charge is -2.07. The summed E-state index contributed by atoms with van der Waals surface area (Å²) in [5, 5.41) is 5.03. The lowest BCUT2D eigenvalue weighted by molar-refractivity contribution is -0.116. The maximum Gasteiger partial charge on any atom is 0.254 e. The van der Waals surface area contributed by atoms with Crippen LogP contribution in [0.3, 0.4) is 0 Å². The standard InChI is InChI=1S/C18H18N4O3S/c1-3-25-14-6-4-13(5-7-14)15-8-17(24)22(11-19-15)9-16(23)21-18-20-12(2)10-26-18/h4-8,10-11H,3,9H2,1-2H3,(H,20,21,23). The van der Waals surface area contributed by atoms with E-state index < -0.39 is 0 Å². The molecule has 3 aromatic rings. The zero-order valence-corrected chi connectivity index (χ0v) is 15.2. The minimum Gasteiger partial charge on any atom is -0.494 e. The minimum atomic E-state index is -0.322. The topological polar surface area (TPSA) is 86.1 Å². The highest BCUT2D eigenvalue weighted by Gasteiger charge is 2.09. The molecule has 26 heavy (non-hydrogen) atoms. The van der Waals surface area contributed by atoms with Crippen LogP contribution in [0.4, 0.5) is 5.13 Å². The molecule has 0 unspecified atom stereocenters. The second-order valence-corrected chi connectivity index (χ2v) is 6.40. The van der Waals surface area contributed by atoms with E-state index in [1.165, 1.54) is 28.3 Å². The van der Waals surface area contributed by atoms with Crippen LogP contribution in [-0.2, 0) is 11.3 Å². The van der Waals surface area contributed by atoms with Crippen LogP contribution in [0.5, 0.6) is 5.75 Å².